The first-order valence-electron chi connectivity index (χ1n) is 10.7. The van der Waals surface area contributed by atoms with Crippen molar-refractivity contribution in [3.05, 3.63) is 54.1 Å². The van der Waals surface area contributed by atoms with Gasteiger partial charge in [-0.25, -0.2) is 8.42 Å². The fourth-order valence-corrected chi connectivity index (χ4v) is 3.82. The van der Waals surface area contributed by atoms with E-state index in [-0.39, 0.29) is 12.0 Å². The molecule has 1 aliphatic rings. The van der Waals surface area contributed by atoms with E-state index in [0.717, 1.165) is 23.4 Å². The van der Waals surface area contributed by atoms with Crippen LogP contribution in [0, 0.1) is 0 Å². The number of anilines is 2. The van der Waals surface area contributed by atoms with E-state index < -0.39 is 22.0 Å². The van der Waals surface area contributed by atoms with E-state index in [1.54, 1.807) is 55.5 Å². The van der Waals surface area contributed by atoms with Gasteiger partial charge in [-0.3, -0.25) is 13.9 Å². The Labute approximate surface area is 194 Å². The quantitative estimate of drug-likeness (QED) is 0.576. The average molecular weight is 476 g/mol. The van der Waals surface area contributed by atoms with Crippen molar-refractivity contribution in [2.24, 2.45) is 0 Å². The molecule has 0 bridgehead atoms. The molecule has 2 N–H and O–H groups in total. The van der Waals surface area contributed by atoms with Gasteiger partial charge < -0.3 is 20.1 Å². The number of sulfonamides is 1. The molecule has 0 unspecified atom stereocenters. The third kappa shape index (κ3) is 6.69. The van der Waals surface area contributed by atoms with Gasteiger partial charge in [0, 0.05) is 20.2 Å². The van der Waals surface area contributed by atoms with Gasteiger partial charge in [0.25, 0.3) is 11.8 Å². The Morgan fingerprint density at radius 2 is 1.88 bits per heavy atom. The maximum absolute atomic E-state index is 12.7. The van der Waals surface area contributed by atoms with Crippen LogP contribution in [0.15, 0.2) is 48.5 Å². The van der Waals surface area contributed by atoms with E-state index in [1.807, 2.05) is 0 Å². The minimum absolute atomic E-state index is 0.0211. The lowest BCUT2D eigenvalue weighted by Gasteiger charge is -2.19. The van der Waals surface area contributed by atoms with Gasteiger partial charge >= 0.3 is 0 Å². The summed E-state index contributed by atoms with van der Waals surface area (Å²) < 4.78 is 35.7. The highest BCUT2D eigenvalue weighted by atomic mass is 32.2. The first-order chi connectivity index (χ1) is 15.6. The Balaban J connectivity index is 1.60. The number of hydrogen-bond donors (Lipinski definition) is 2. The SMILES string of the molecule is C[C@H](Oc1ccc(N(C)S(C)(=O)=O)cc1)C(=O)Nc1ccccc1C(=O)NC[C@H]1CCCO1. The molecular weight excluding hydrogens is 446 g/mol. The van der Waals surface area contributed by atoms with Crippen LogP contribution in [-0.4, -0.2) is 58.9 Å². The highest BCUT2D eigenvalue weighted by Gasteiger charge is 2.21. The second-order valence-corrected chi connectivity index (χ2v) is 9.88. The first-order valence-corrected chi connectivity index (χ1v) is 12.5. The minimum Gasteiger partial charge on any atom is -0.481 e. The molecule has 0 aliphatic carbocycles. The zero-order valence-corrected chi connectivity index (χ0v) is 19.7. The number of ether oxygens (including phenoxy) is 2. The fourth-order valence-electron chi connectivity index (χ4n) is 3.32. The van der Waals surface area contributed by atoms with Gasteiger partial charge in [-0.05, 0) is 56.2 Å². The molecule has 1 heterocycles. The minimum atomic E-state index is -3.37. The molecule has 2 aromatic carbocycles. The Morgan fingerprint density at radius 3 is 2.52 bits per heavy atom. The van der Waals surface area contributed by atoms with Crippen molar-refractivity contribution in [1.82, 2.24) is 5.32 Å². The van der Waals surface area contributed by atoms with E-state index >= 15 is 0 Å². The summed E-state index contributed by atoms with van der Waals surface area (Å²) in [5.74, 6) is -0.307. The van der Waals surface area contributed by atoms with Crippen molar-refractivity contribution in [2.75, 3.05) is 36.1 Å². The van der Waals surface area contributed by atoms with Crippen molar-refractivity contribution in [3.63, 3.8) is 0 Å². The normalized spacial score (nSPS) is 16.6. The molecule has 178 valence electrons. The number of rotatable bonds is 9. The molecule has 1 aliphatic heterocycles. The summed E-state index contributed by atoms with van der Waals surface area (Å²) in [5, 5.41) is 5.60. The van der Waals surface area contributed by atoms with Crippen molar-refractivity contribution >= 4 is 33.2 Å². The maximum atomic E-state index is 12.7. The number of para-hydroxylation sites is 1. The van der Waals surface area contributed by atoms with E-state index in [4.69, 9.17) is 9.47 Å². The van der Waals surface area contributed by atoms with Gasteiger partial charge in [-0.2, -0.15) is 0 Å². The smallest absolute Gasteiger partial charge is 0.265 e. The summed E-state index contributed by atoms with van der Waals surface area (Å²) in [6.07, 6.45) is 2.19. The number of nitrogens with one attached hydrogen (secondary N) is 2. The molecule has 1 fully saturated rings. The molecular formula is C23H29N3O6S. The molecule has 3 rings (SSSR count). The lowest BCUT2D eigenvalue weighted by molar-refractivity contribution is -0.122. The summed E-state index contributed by atoms with van der Waals surface area (Å²) in [6.45, 7) is 2.72. The van der Waals surface area contributed by atoms with Gasteiger partial charge in [-0.1, -0.05) is 12.1 Å². The first kappa shape index (κ1) is 24.5. The molecule has 0 aromatic heterocycles. The summed E-state index contributed by atoms with van der Waals surface area (Å²) in [7, 11) is -1.92. The number of hydrogen-bond acceptors (Lipinski definition) is 6. The maximum Gasteiger partial charge on any atom is 0.265 e. The summed E-state index contributed by atoms with van der Waals surface area (Å²) >= 11 is 0. The van der Waals surface area contributed by atoms with Gasteiger partial charge in [0.05, 0.1) is 29.3 Å². The molecule has 33 heavy (non-hydrogen) atoms. The third-order valence-corrected chi connectivity index (χ3v) is 6.53. The standard InChI is InChI=1S/C23H29N3O6S/c1-16(32-18-12-10-17(11-13-18)26(2)33(3,29)30)22(27)25-21-9-5-4-8-20(21)23(28)24-15-19-7-6-14-31-19/h4-5,8-13,16,19H,6-7,14-15H2,1-3H3,(H,24,28)(H,25,27)/t16-,19+/m0/s1. The van der Waals surface area contributed by atoms with Crippen molar-refractivity contribution in [3.8, 4) is 5.75 Å². The number of benzene rings is 2. The van der Waals surface area contributed by atoms with Crippen LogP contribution < -0.4 is 19.7 Å². The molecule has 10 heteroatoms. The Bertz CT molecular complexity index is 1080. The molecule has 0 saturated carbocycles. The summed E-state index contributed by atoms with van der Waals surface area (Å²) in [5.41, 5.74) is 1.21. The van der Waals surface area contributed by atoms with Gasteiger partial charge in [0.2, 0.25) is 10.0 Å². The van der Waals surface area contributed by atoms with Crippen LogP contribution in [0.25, 0.3) is 0 Å². The van der Waals surface area contributed by atoms with Gasteiger partial charge in [0.15, 0.2) is 6.10 Å². The molecule has 2 atom stereocenters. The van der Waals surface area contributed by atoms with E-state index in [2.05, 4.69) is 10.6 Å². The van der Waals surface area contributed by atoms with Crippen molar-refractivity contribution in [1.29, 1.82) is 0 Å². The zero-order valence-electron chi connectivity index (χ0n) is 18.9. The van der Waals surface area contributed by atoms with Gasteiger partial charge in [0.1, 0.15) is 5.75 Å². The highest BCUT2D eigenvalue weighted by Crippen LogP contribution is 2.22. The van der Waals surface area contributed by atoms with Crippen LogP contribution in [-0.2, 0) is 19.6 Å². The third-order valence-electron chi connectivity index (χ3n) is 5.32. The zero-order chi connectivity index (χ0) is 24.0. The van der Waals surface area contributed by atoms with E-state index in [0.29, 0.717) is 35.8 Å². The van der Waals surface area contributed by atoms with Crippen LogP contribution in [0.2, 0.25) is 0 Å². The molecule has 9 nitrogen and oxygen atoms in total. The predicted octanol–water partition coefficient (Wildman–Crippen LogP) is 2.40. The highest BCUT2D eigenvalue weighted by molar-refractivity contribution is 7.92. The van der Waals surface area contributed by atoms with Crippen molar-refractivity contribution in [2.45, 2.75) is 32.0 Å². The number of carbonyl (C=O) groups excluding carboxylic acids is 2. The average Bonchev–Trinajstić information content (AvgIpc) is 3.31. The molecule has 0 radical (unpaired) electrons. The van der Waals surface area contributed by atoms with E-state index in [1.165, 1.54) is 7.05 Å². The second-order valence-electron chi connectivity index (χ2n) is 7.86. The number of nitrogens with zero attached hydrogens (tertiary/aromatic N) is 1. The lowest BCUT2D eigenvalue weighted by Crippen LogP contribution is -2.34. The van der Waals surface area contributed by atoms with Crippen LogP contribution in [0.5, 0.6) is 5.75 Å². The summed E-state index contributed by atoms with van der Waals surface area (Å²) in [6, 6.07) is 13.1. The second kappa shape index (κ2) is 10.7. The van der Waals surface area contributed by atoms with Crippen molar-refractivity contribution < 1.29 is 27.5 Å². The van der Waals surface area contributed by atoms with Gasteiger partial charge in [-0.15, -0.1) is 0 Å². The number of amides is 2. The van der Waals surface area contributed by atoms with Crippen LogP contribution in [0.4, 0.5) is 11.4 Å². The molecule has 2 aromatic rings. The van der Waals surface area contributed by atoms with Crippen LogP contribution in [0.1, 0.15) is 30.1 Å². The Hall–Kier alpha value is -3.11. The Kier molecular flexibility index (Phi) is 7.93. The monoisotopic (exact) mass is 475 g/mol. The van der Waals surface area contributed by atoms with E-state index in [9.17, 15) is 18.0 Å². The topological polar surface area (TPSA) is 114 Å². The van der Waals surface area contributed by atoms with Crippen LogP contribution >= 0.6 is 0 Å². The largest absolute Gasteiger partial charge is 0.481 e. The lowest BCUT2D eigenvalue weighted by atomic mass is 10.1. The summed E-state index contributed by atoms with van der Waals surface area (Å²) in [4.78, 5) is 25.3. The number of carbonyl (C=O) groups is 2. The fraction of sp³-hybridized carbons (Fsp3) is 0.391. The van der Waals surface area contributed by atoms with Crippen LogP contribution in [0.3, 0.4) is 0 Å². The molecule has 1 saturated heterocycles. The Morgan fingerprint density at radius 1 is 1.18 bits per heavy atom. The molecule has 2 amide bonds. The molecule has 0 spiro atoms. The predicted molar refractivity (Wildman–Crippen MR) is 126 cm³/mol.